The highest BCUT2D eigenvalue weighted by atomic mass is 35.5. The van der Waals surface area contributed by atoms with Gasteiger partial charge in [0.25, 0.3) is 0 Å². The molecule has 1 amide bonds. The molecular formula is C15H15ClN2OS. The van der Waals surface area contributed by atoms with Gasteiger partial charge in [0.1, 0.15) is 6.04 Å². The maximum absolute atomic E-state index is 12.5. The molecule has 1 atom stereocenters. The summed E-state index contributed by atoms with van der Waals surface area (Å²) in [7, 11) is 1.83. The maximum Gasteiger partial charge on any atom is 0.245 e. The summed E-state index contributed by atoms with van der Waals surface area (Å²) < 4.78 is 0.757. The number of para-hydroxylation sites is 1. The summed E-state index contributed by atoms with van der Waals surface area (Å²) in [5.41, 5.74) is 2.27. The smallest absolute Gasteiger partial charge is 0.245 e. The lowest BCUT2D eigenvalue weighted by molar-refractivity contribution is -0.131. The van der Waals surface area contributed by atoms with Crippen LogP contribution in [0.25, 0.3) is 0 Å². The van der Waals surface area contributed by atoms with Crippen LogP contribution in [0, 0.1) is 0 Å². The zero-order valence-electron chi connectivity index (χ0n) is 11.1. The molecule has 1 aliphatic rings. The van der Waals surface area contributed by atoms with E-state index in [1.54, 1.807) is 4.90 Å². The average Bonchev–Trinajstić information content (AvgIpc) is 3.03. The summed E-state index contributed by atoms with van der Waals surface area (Å²) in [5.74, 6) is 0.116. The molecule has 3 rings (SSSR count). The summed E-state index contributed by atoms with van der Waals surface area (Å²) >= 11 is 7.43. The highest BCUT2D eigenvalue weighted by Crippen LogP contribution is 2.27. The Morgan fingerprint density at radius 2 is 2.20 bits per heavy atom. The van der Waals surface area contributed by atoms with Gasteiger partial charge in [0.2, 0.25) is 5.91 Å². The number of anilines is 1. The van der Waals surface area contributed by atoms with E-state index in [4.69, 9.17) is 11.6 Å². The molecule has 0 bridgehead atoms. The maximum atomic E-state index is 12.5. The standard InChI is InChI=1S/C15H15ClN2OS/c1-18(9-11-6-7-14(16)20-11)15(19)13-8-10-4-2-3-5-12(10)17-13/h2-7,13,17H,8-9H2,1H3/t13-/m0/s1. The molecule has 0 unspecified atom stereocenters. The second-order valence-electron chi connectivity index (χ2n) is 4.96. The lowest BCUT2D eigenvalue weighted by Gasteiger charge is -2.20. The molecule has 20 heavy (non-hydrogen) atoms. The fourth-order valence-corrected chi connectivity index (χ4v) is 3.60. The monoisotopic (exact) mass is 306 g/mol. The van der Waals surface area contributed by atoms with Gasteiger partial charge in [0.15, 0.2) is 0 Å². The third-order valence-corrected chi connectivity index (χ3v) is 4.68. The zero-order chi connectivity index (χ0) is 14.1. The van der Waals surface area contributed by atoms with Gasteiger partial charge in [-0.1, -0.05) is 29.8 Å². The number of hydrogen-bond acceptors (Lipinski definition) is 3. The third kappa shape index (κ3) is 2.67. The Balaban J connectivity index is 1.65. The number of fused-ring (bicyclic) bond motifs is 1. The van der Waals surface area contributed by atoms with E-state index in [1.165, 1.54) is 16.9 Å². The van der Waals surface area contributed by atoms with Crippen LogP contribution in [0.3, 0.4) is 0 Å². The number of rotatable bonds is 3. The van der Waals surface area contributed by atoms with Crippen molar-refractivity contribution >= 4 is 34.5 Å². The molecule has 0 aliphatic carbocycles. The Kier molecular flexibility index (Phi) is 3.68. The Morgan fingerprint density at radius 3 is 2.90 bits per heavy atom. The Hall–Kier alpha value is -1.52. The molecule has 1 aromatic heterocycles. The van der Waals surface area contributed by atoms with E-state index in [-0.39, 0.29) is 11.9 Å². The lowest BCUT2D eigenvalue weighted by Crippen LogP contribution is -2.39. The van der Waals surface area contributed by atoms with Crippen LogP contribution in [0.4, 0.5) is 5.69 Å². The fourth-order valence-electron chi connectivity index (χ4n) is 2.46. The zero-order valence-corrected chi connectivity index (χ0v) is 12.7. The predicted molar refractivity (Wildman–Crippen MR) is 83.4 cm³/mol. The van der Waals surface area contributed by atoms with Gasteiger partial charge in [-0.25, -0.2) is 0 Å². The number of benzene rings is 1. The van der Waals surface area contributed by atoms with Crippen molar-refractivity contribution in [2.24, 2.45) is 0 Å². The minimum atomic E-state index is -0.159. The molecular weight excluding hydrogens is 292 g/mol. The van der Waals surface area contributed by atoms with Crippen molar-refractivity contribution in [3.05, 3.63) is 51.2 Å². The number of likely N-dealkylation sites (N-methyl/N-ethyl adjacent to an activating group) is 1. The van der Waals surface area contributed by atoms with E-state index in [0.717, 1.165) is 21.3 Å². The van der Waals surface area contributed by atoms with E-state index in [1.807, 2.05) is 37.4 Å². The van der Waals surface area contributed by atoms with E-state index >= 15 is 0 Å². The van der Waals surface area contributed by atoms with Gasteiger partial charge in [0, 0.05) is 24.0 Å². The highest BCUT2D eigenvalue weighted by Gasteiger charge is 2.28. The first-order valence-electron chi connectivity index (χ1n) is 6.47. The molecule has 0 saturated heterocycles. The quantitative estimate of drug-likeness (QED) is 0.942. The number of carbonyl (C=O) groups excluding carboxylic acids is 1. The molecule has 5 heteroatoms. The van der Waals surface area contributed by atoms with Crippen molar-refractivity contribution in [1.82, 2.24) is 4.90 Å². The molecule has 0 radical (unpaired) electrons. The van der Waals surface area contributed by atoms with Gasteiger partial charge in [0.05, 0.1) is 10.9 Å². The van der Waals surface area contributed by atoms with Gasteiger partial charge in [-0.05, 0) is 23.8 Å². The Bertz CT molecular complexity index is 615. The minimum Gasteiger partial charge on any atom is -0.373 e. The lowest BCUT2D eigenvalue weighted by atomic mass is 10.1. The first kappa shape index (κ1) is 13.5. The van der Waals surface area contributed by atoms with E-state index in [0.29, 0.717) is 6.54 Å². The molecule has 0 fully saturated rings. The highest BCUT2D eigenvalue weighted by molar-refractivity contribution is 7.16. The SMILES string of the molecule is CN(Cc1ccc(Cl)s1)C(=O)[C@@H]1Cc2ccccc2N1. The first-order valence-corrected chi connectivity index (χ1v) is 7.66. The molecule has 3 nitrogen and oxygen atoms in total. The Morgan fingerprint density at radius 1 is 1.40 bits per heavy atom. The molecule has 0 saturated carbocycles. The molecule has 104 valence electrons. The summed E-state index contributed by atoms with van der Waals surface area (Å²) in [6.07, 6.45) is 0.755. The number of thiophene rings is 1. The van der Waals surface area contributed by atoms with Crippen LogP contribution < -0.4 is 5.32 Å². The van der Waals surface area contributed by atoms with Crippen molar-refractivity contribution in [2.45, 2.75) is 19.0 Å². The number of carbonyl (C=O) groups is 1. The number of nitrogens with one attached hydrogen (secondary N) is 1. The molecule has 2 aromatic rings. The van der Waals surface area contributed by atoms with Gasteiger partial charge >= 0.3 is 0 Å². The number of halogens is 1. The third-order valence-electron chi connectivity index (χ3n) is 3.47. The van der Waals surface area contributed by atoms with Crippen LogP contribution in [-0.2, 0) is 17.8 Å². The summed E-state index contributed by atoms with van der Waals surface area (Å²) in [6.45, 7) is 0.602. The number of nitrogens with zero attached hydrogens (tertiary/aromatic N) is 1. The first-order chi connectivity index (χ1) is 9.63. The summed E-state index contributed by atoms with van der Waals surface area (Å²) in [5, 5.41) is 3.29. The van der Waals surface area contributed by atoms with Crippen LogP contribution in [0.1, 0.15) is 10.4 Å². The van der Waals surface area contributed by atoms with Crippen molar-refractivity contribution in [3.8, 4) is 0 Å². The normalized spacial score (nSPS) is 16.6. The fraction of sp³-hybridized carbons (Fsp3) is 0.267. The summed E-state index contributed by atoms with van der Waals surface area (Å²) in [4.78, 5) is 15.3. The average molecular weight is 307 g/mol. The van der Waals surface area contributed by atoms with Crippen LogP contribution in [0.2, 0.25) is 4.34 Å². The van der Waals surface area contributed by atoms with Crippen LogP contribution in [-0.4, -0.2) is 23.9 Å². The van der Waals surface area contributed by atoms with Gasteiger partial charge in [-0.15, -0.1) is 11.3 Å². The van der Waals surface area contributed by atoms with Gasteiger partial charge in [-0.3, -0.25) is 4.79 Å². The van der Waals surface area contributed by atoms with Gasteiger partial charge < -0.3 is 10.2 Å². The van der Waals surface area contributed by atoms with Crippen LogP contribution in [0.5, 0.6) is 0 Å². The van der Waals surface area contributed by atoms with Crippen molar-refractivity contribution in [1.29, 1.82) is 0 Å². The molecule has 1 aliphatic heterocycles. The van der Waals surface area contributed by atoms with E-state index in [9.17, 15) is 4.79 Å². The van der Waals surface area contributed by atoms with Crippen molar-refractivity contribution < 1.29 is 4.79 Å². The second kappa shape index (κ2) is 5.46. The molecule has 2 heterocycles. The van der Waals surface area contributed by atoms with Crippen LogP contribution >= 0.6 is 22.9 Å². The minimum absolute atomic E-state index is 0.116. The Labute approximate surface area is 127 Å². The van der Waals surface area contributed by atoms with Crippen LogP contribution in [0.15, 0.2) is 36.4 Å². The largest absolute Gasteiger partial charge is 0.373 e. The molecule has 1 aromatic carbocycles. The predicted octanol–water partition coefficient (Wildman–Crippen LogP) is 3.40. The van der Waals surface area contributed by atoms with Crippen molar-refractivity contribution in [3.63, 3.8) is 0 Å². The molecule has 1 N–H and O–H groups in total. The number of amides is 1. The molecule has 0 spiro atoms. The topological polar surface area (TPSA) is 32.3 Å². The number of hydrogen-bond donors (Lipinski definition) is 1. The van der Waals surface area contributed by atoms with Gasteiger partial charge in [-0.2, -0.15) is 0 Å². The van der Waals surface area contributed by atoms with Crippen molar-refractivity contribution in [2.75, 3.05) is 12.4 Å². The van der Waals surface area contributed by atoms with E-state index < -0.39 is 0 Å². The summed E-state index contributed by atoms with van der Waals surface area (Å²) in [6, 6.07) is 11.7. The second-order valence-corrected chi connectivity index (χ2v) is 6.76. The van der Waals surface area contributed by atoms with E-state index in [2.05, 4.69) is 11.4 Å².